The number of likely N-dealkylation sites (tertiary alicyclic amines) is 1. The van der Waals surface area contributed by atoms with Gasteiger partial charge in [-0.2, -0.15) is 4.39 Å². The highest BCUT2D eigenvalue weighted by Crippen LogP contribution is 2.41. The Labute approximate surface area is 211 Å². The van der Waals surface area contributed by atoms with Crippen molar-refractivity contribution in [3.8, 4) is 0 Å². The number of pyridine rings is 1. The van der Waals surface area contributed by atoms with E-state index in [0.29, 0.717) is 12.2 Å². The van der Waals surface area contributed by atoms with Crippen LogP contribution in [0.3, 0.4) is 0 Å². The lowest BCUT2D eigenvalue weighted by molar-refractivity contribution is -0.0980. The summed E-state index contributed by atoms with van der Waals surface area (Å²) in [5.41, 5.74) is 14.4. The number of thiophene rings is 1. The molecule has 2 aromatic heterocycles. The lowest BCUT2D eigenvalue weighted by atomic mass is 9.82. The number of halogens is 2. The number of carbonyl (C=O) groups excluding carboxylic acids is 1. The SMILES string of the molecule is C=O.Cc1ccc(C(C)(C)N2CCC(CN)(CCc3ccc(F)s3)C2)cn1.Nc1ccc(F)cc1. The topological polar surface area (TPSA) is 85.2 Å². The number of aromatic nitrogens is 1. The minimum absolute atomic E-state index is 0.0628. The van der Waals surface area contributed by atoms with Gasteiger partial charge in [0.25, 0.3) is 0 Å². The number of hydrogen-bond acceptors (Lipinski definition) is 6. The molecule has 1 fully saturated rings. The van der Waals surface area contributed by atoms with Gasteiger partial charge in [-0.05, 0) is 107 Å². The van der Waals surface area contributed by atoms with Gasteiger partial charge in [-0.3, -0.25) is 9.88 Å². The van der Waals surface area contributed by atoms with E-state index in [2.05, 4.69) is 35.9 Å². The standard InChI is InChI=1S/C20H28FN3S.C6H6FN.CH2O/c1-15-4-5-16(12-23-15)19(2,3)24-11-10-20(13-22,14-24)9-8-17-6-7-18(21)25-17;7-5-1-3-6(8)4-2-5;1-2/h4-7,12H,8-11,13-14,22H2,1-3H3;1-4H,8H2;1H2. The van der Waals surface area contributed by atoms with Crippen LogP contribution in [0.2, 0.25) is 0 Å². The smallest absolute Gasteiger partial charge is 0.176 e. The second-order valence-corrected chi connectivity index (χ2v) is 10.5. The quantitative estimate of drug-likeness (QED) is 0.445. The van der Waals surface area contributed by atoms with Crippen LogP contribution in [0.25, 0.3) is 0 Å². The fourth-order valence-corrected chi connectivity index (χ4v) is 4.96. The van der Waals surface area contributed by atoms with E-state index in [0.717, 1.165) is 42.9 Å². The van der Waals surface area contributed by atoms with E-state index in [-0.39, 0.29) is 21.9 Å². The van der Waals surface area contributed by atoms with Gasteiger partial charge in [0.15, 0.2) is 5.13 Å². The van der Waals surface area contributed by atoms with E-state index in [4.69, 9.17) is 16.3 Å². The molecule has 1 aliphatic heterocycles. The van der Waals surface area contributed by atoms with Crippen LogP contribution in [-0.4, -0.2) is 36.3 Å². The second kappa shape index (κ2) is 12.9. The molecule has 1 aliphatic rings. The zero-order valence-corrected chi connectivity index (χ0v) is 21.6. The Morgan fingerprint density at radius 1 is 1.11 bits per heavy atom. The van der Waals surface area contributed by atoms with Crippen LogP contribution >= 0.6 is 11.3 Å². The molecule has 3 aromatic rings. The molecule has 8 heteroatoms. The summed E-state index contributed by atoms with van der Waals surface area (Å²) in [5, 5.41) is -0.0992. The third-order valence-electron chi connectivity index (χ3n) is 6.68. The van der Waals surface area contributed by atoms with Gasteiger partial charge in [0.2, 0.25) is 0 Å². The number of benzene rings is 1. The second-order valence-electron chi connectivity index (χ2n) is 9.38. The summed E-state index contributed by atoms with van der Waals surface area (Å²) in [6.45, 7) is 11.2. The van der Waals surface area contributed by atoms with Gasteiger partial charge in [0, 0.05) is 34.5 Å². The number of nitrogen functional groups attached to an aromatic ring is 1. The average molecular weight is 503 g/mol. The van der Waals surface area contributed by atoms with E-state index in [1.165, 1.54) is 41.2 Å². The van der Waals surface area contributed by atoms with Crippen molar-refractivity contribution >= 4 is 23.8 Å². The maximum Gasteiger partial charge on any atom is 0.176 e. The van der Waals surface area contributed by atoms with Gasteiger partial charge in [-0.15, -0.1) is 11.3 Å². The molecule has 1 atom stereocenters. The molecule has 4 N–H and O–H groups in total. The van der Waals surface area contributed by atoms with Crippen LogP contribution in [0.4, 0.5) is 14.5 Å². The molecule has 0 radical (unpaired) electrons. The van der Waals surface area contributed by atoms with Crippen molar-refractivity contribution in [3.05, 3.63) is 81.8 Å². The summed E-state index contributed by atoms with van der Waals surface area (Å²) >= 11 is 1.26. The first-order chi connectivity index (χ1) is 16.6. The Bertz CT molecular complexity index is 1020. The molecular weight excluding hydrogens is 466 g/mol. The van der Waals surface area contributed by atoms with Gasteiger partial charge in [0.1, 0.15) is 12.6 Å². The van der Waals surface area contributed by atoms with E-state index >= 15 is 0 Å². The van der Waals surface area contributed by atoms with Gasteiger partial charge in [-0.1, -0.05) is 6.07 Å². The number of nitrogens with zero attached hydrogens (tertiary/aromatic N) is 2. The molecular formula is C27H36F2N4OS. The van der Waals surface area contributed by atoms with Crippen molar-refractivity contribution in [3.63, 3.8) is 0 Å². The largest absolute Gasteiger partial charge is 0.399 e. The predicted octanol–water partition coefficient (Wildman–Crippen LogP) is 5.33. The van der Waals surface area contributed by atoms with E-state index < -0.39 is 0 Å². The predicted molar refractivity (Wildman–Crippen MR) is 140 cm³/mol. The van der Waals surface area contributed by atoms with Crippen molar-refractivity contribution in [2.45, 2.75) is 45.6 Å². The average Bonchev–Trinajstić information content (AvgIpc) is 3.49. The first-order valence-corrected chi connectivity index (χ1v) is 12.4. The van der Waals surface area contributed by atoms with Gasteiger partial charge >= 0.3 is 0 Å². The van der Waals surface area contributed by atoms with Crippen LogP contribution < -0.4 is 11.5 Å². The molecule has 0 amide bonds. The maximum atomic E-state index is 13.2. The Morgan fingerprint density at radius 3 is 2.31 bits per heavy atom. The van der Waals surface area contributed by atoms with Gasteiger partial charge in [0.05, 0.1) is 0 Å². The Hall–Kier alpha value is -2.68. The minimum atomic E-state index is -0.251. The molecule has 190 valence electrons. The van der Waals surface area contributed by atoms with Crippen LogP contribution in [-0.2, 0) is 16.8 Å². The molecule has 35 heavy (non-hydrogen) atoms. The molecule has 0 aliphatic carbocycles. The van der Waals surface area contributed by atoms with Crippen LogP contribution in [0.5, 0.6) is 0 Å². The summed E-state index contributed by atoms with van der Waals surface area (Å²) in [6, 6.07) is 13.4. The number of carbonyl (C=O) groups is 1. The maximum absolute atomic E-state index is 13.2. The first kappa shape index (κ1) is 28.6. The summed E-state index contributed by atoms with van der Waals surface area (Å²) in [4.78, 5) is 16.1. The molecule has 0 bridgehead atoms. The van der Waals surface area contributed by atoms with Gasteiger partial charge < -0.3 is 16.3 Å². The monoisotopic (exact) mass is 502 g/mol. The highest BCUT2D eigenvalue weighted by atomic mass is 32.1. The van der Waals surface area contributed by atoms with Crippen molar-refractivity contribution in [2.75, 3.05) is 25.4 Å². The third-order valence-corrected chi connectivity index (χ3v) is 7.61. The lowest BCUT2D eigenvalue weighted by Crippen LogP contribution is -2.43. The highest BCUT2D eigenvalue weighted by molar-refractivity contribution is 7.10. The minimum Gasteiger partial charge on any atom is -0.399 e. The zero-order chi connectivity index (χ0) is 26.1. The number of rotatable bonds is 6. The number of anilines is 1. The first-order valence-electron chi connectivity index (χ1n) is 11.6. The van der Waals surface area contributed by atoms with E-state index in [9.17, 15) is 8.78 Å². The summed E-state index contributed by atoms with van der Waals surface area (Å²) in [5.74, 6) is -0.251. The fourth-order valence-electron chi connectivity index (χ4n) is 4.23. The highest BCUT2D eigenvalue weighted by Gasteiger charge is 2.42. The summed E-state index contributed by atoms with van der Waals surface area (Å²) < 4.78 is 25.3. The number of hydrogen-bond donors (Lipinski definition) is 2. The molecule has 1 unspecified atom stereocenters. The van der Waals surface area contributed by atoms with Crippen molar-refractivity contribution < 1.29 is 13.6 Å². The van der Waals surface area contributed by atoms with E-state index in [1.54, 1.807) is 6.07 Å². The van der Waals surface area contributed by atoms with Crippen LogP contribution in [0.15, 0.2) is 54.7 Å². The Morgan fingerprint density at radius 2 is 1.80 bits per heavy atom. The number of aryl methyl sites for hydroxylation is 2. The number of nitrogens with two attached hydrogens (primary N) is 2. The molecule has 0 saturated carbocycles. The molecule has 1 saturated heterocycles. The summed E-state index contributed by atoms with van der Waals surface area (Å²) in [7, 11) is 0. The van der Waals surface area contributed by atoms with Crippen LogP contribution in [0, 0.1) is 23.3 Å². The van der Waals surface area contributed by atoms with Crippen molar-refractivity contribution in [2.24, 2.45) is 11.1 Å². The molecule has 5 nitrogen and oxygen atoms in total. The lowest BCUT2D eigenvalue weighted by Gasteiger charge is -2.38. The van der Waals surface area contributed by atoms with Crippen molar-refractivity contribution in [1.82, 2.24) is 9.88 Å². The van der Waals surface area contributed by atoms with Crippen LogP contribution in [0.1, 0.15) is 42.8 Å². The van der Waals surface area contributed by atoms with E-state index in [1.807, 2.05) is 26.0 Å². The normalized spacial score (nSPS) is 17.8. The van der Waals surface area contributed by atoms with Crippen molar-refractivity contribution in [1.29, 1.82) is 0 Å². The molecule has 1 aromatic carbocycles. The third kappa shape index (κ3) is 7.92. The van der Waals surface area contributed by atoms with Gasteiger partial charge in [-0.25, -0.2) is 4.39 Å². The molecule has 4 rings (SSSR count). The summed E-state index contributed by atoms with van der Waals surface area (Å²) in [6.07, 6.45) is 5.01. The zero-order valence-electron chi connectivity index (χ0n) is 20.8. The Kier molecular flexibility index (Phi) is 10.5. The molecule has 0 spiro atoms. The fraction of sp³-hybridized carbons (Fsp3) is 0.407. The molecule has 3 heterocycles. The Balaban J connectivity index is 0.000000363.